The summed E-state index contributed by atoms with van der Waals surface area (Å²) in [4.78, 5) is 5.23. The number of fused-ring (bicyclic) bond motifs is 2. The van der Waals surface area contributed by atoms with Gasteiger partial charge in [-0.05, 0) is 25.7 Å². The Morgan fingerprint density at radius 3 is 1.14 bits per heavy atom. The van der Waals surface area contributed by atoms with Gasteiger partial charge in [0.1, 0.15) is 12.8 Å². The second kappa shape index (κ2) is 12.6. The van der Waals surface area contributed by atoms with Crippen molar-refractivity contribution in [3.05, 3.63) is 12.8 Å². The van der Waals surface area contributed by atoms with E-state index in [1.165, 1.54) is 77.5 Å². The van der Waals surface area contributed by atoms with Crippen LogP contribution < -0.4 is 37.3 Å². The average Bonchev–Trinajstić information content (AvgIpc) is 3.21. The highest BCUT2D eigenvalue weighted by Gasteiger charge is 2.34. The molecule has 0 aliphatic carbocycles. The van der Waals surface area contributed by atoms with Crippen LogP contribution in [0.4, 0.5) is 0 Å². The Morgan fingerprint density at radius 1 is 0.536 bits per heavy atom. The zero-order valence-corrected chi connectivity index (χ0v) is 17.2. The van der Waals surface area contributed by atoms with Crippen molar-refractivity contribution in [1.29, 1.82) is 0 Å². The predicted molar refractivity (Wildman–Crippen MR) is 76.3 cm³/mol. The molecule has 4 saturated heterocycles. The number of halogens is 2. The molecule has 0 radical (unpaired) electrons. The molecule has 28 heavy (non-hydrogen) atoms. The first-order chi connectivity index (χ1) is 12.9. The van der Waals surface area contributed by atoms with Crippen molar-refractivity contribution < 1.29 is 57.8 Å². The maximum absolute atomic E-state index is 8.49. The molecule has 0 amide bonds. The predicted octanol–water partition coefficient (Wildman–Crippen LogP) is -6.61. The van der Waals surface area contributed by atoms with E-state index < -0.39 is 20.5 Å². The molecule has 2 unspecified atom stereocenters. The van der Waals surface area contributed by atoms with E-state index in [0.29, 0.717) is 0 Å². The van der Waals surface area contributed by atoms with E-state index in [9.17, 15) is 0 Å². The van der Waals surface area contributed by atoms with E-state index in [0.717, 1.165) is 12.1 Å². The van der Waals surface area contributed by atoms with Crippen LogP contribution in [0.25, 0.3) is 0 Å². The van der Waals surface area contributed by atoms with Crippen LogP contribution in [0.2, 0.25) is 0 Å². The van der Waals surface area contributed by atoms with Crippen molar-refractivity contribution in [1.82, 2.24) is 9.80 Å². The highest BCUT2D eigenvalue weighted by molar-refractivity contribution is 4.95. The van der Waals surface area contributed by atoms with Gasteiger partial charge in [-0.15, -0.1) is 20.5 Å². The summed E-state index contributed by atoms with van der Waals surface area (Å²) < 4.78 is 67.9. The largest absolute Gasteiger partial charge is 0.259 e. The van der Waals surface area contributed by atoms with Crippen molar-refractivity contribution in [2.75, 3.05) is 26.2 Å². The van der Waals surface area contributed by atoms with Gasteiger partial charge in [0.2, 0.25) is 0 Å². The standard InChI is InChI=1S/2C8H14N.2ClHO4/c2*1-2-6-9-7-3-5-8(9)4-1;2*2-1(3,4)5/h2*5,8H,1-4,6-7H2;2*(H,2,3,4,5)/q2*+1;;/p-2. The summed E-state index contributed by atoms with van der Waals surface area (Å²) in [5, 5.41) is 0. The van der Waals surface area contributed by atoms with Crippen LogP contribution in [0.1, 0.15) is 51.4 Å². The zero-order chi connectivity index (χ0) is 21.2. The smallest absolute Gasteiger partial charge is 0.151 e. The number of hydrogen-bond donors (Lipinski definition) is 0. The molecule has 0 spiro atoms. The molecule has 0 bridgehead atoms. The molecule has 164 valence electrons. The third-order valence-electron chi connectivity index (χ3n) is 5.04. The van der Waals surface area contributed by atoms with Gasteiger partial charge in [0.25, 0.3) is 0 Å². The molecule has 4 fully saturated rings. The fourth-order valence-corrected chi connectivity index (χ4v) is 3.99. The summed E-state index contributed by atoms with van der Waals surface area (Å²) in [7, 11) is -9.89. The molecular weight excluding hydrogens is 419 g/mol. The van der Waals surface area contributed by atoms with E-state index in [2.05, 4.69) is 22.6 Å². The minimum Gasteiger partial charge on any atom is -0.259 e. The first-order valence-electron chi connectivity index (χ1n) is 9.32. The second-order valence-corrected chi connectivity index (χ2v) is 8.51. The number of hydrogen-bond acceptors (Lipinski definition) is 10. The third-order valence-corrected chi connectivity index (χ3v) is 5.04. The molecule has 4 rings (SSSR count). The first kappa shape index (κ1) is 26.0. The van der Waals surface area contributed by atoms with Crippen LogP contribution in [-0.4, -0.2) is 48.1 Å². The number of rotatable bonds is 0. The van der Waals surface area contributed by atoms with Crippen molar-refractivity contribution in [2.24, 2.45) is 0 Å². The molecule has 0 aromatic carbocycles. The molecular formula is C16H28Cl2N2O8. The van der Waals surface area contributed by atoms with E-state index in [1.807, 2.05) is 0 Å². The SMILES string of the molecule is [CH+]1CCN2CCCCC12.[CH+]1CCN2CCCCC12.[O-][Cl+3]([O-])([O-])[O-].[O-][Cl+3]([O-])([O-])[O-]. The van der Waals surface area contributed by atoms with Gasteiger partial charge in [-0.2, -0.15) is 0 Å². The minimum absolute atomic E-state index is 0.874. The molecule has 4 aliphatic heterocycles. The van der Waals surface area contributed by atoms with E-state index >= 15 is 0 Å². The molecule has 2 atom stereocenters. The Hall–Kier alpha value is -0.0800. The summed E-state index contributed by atoms with van der Waals surface area (Å²) >= 11 is 0. The van der Waals surface area contributed by atoms with Gasteiger partial charge < -0.3 is 0 Å². The molecule has 0 aromatic heterocycles. The van der Waals surface area contributed by atoms with Crippen LogP contribution in [0.3, 0.4) is 0 Å². The lowest BCUT2D eigenvalue weighted by Gasteiger charge is -2.23. The van der Waals surface area contributed by atoms with Crippen molar-refractivity contribution in [3.8, 4) is 0 Å². The lowest BCUT2D eigenvalue weighted by Crippen LogP contribution is -2.68. The van der Waals surface area contributed by atoms with Gasteiger partial charge in [-0.25, -0.2) is 37.3 Å². The molecule has 4 heterocycles. The third kappa shape index (κ3) is 14.0. The van der Waals surface area contributed by atoms with E-state index in [1.54, 1.807) is 0 Å². The van der Waals surface area contributed by atoms with E-state index in [-0.39, 0.29) is 0 Å². The van der Waals surface area contributed by atoms with Gasteiger partial charge in [-0.3, -0.25) is 9.80 Å². The van der Waals surface area contributed by atoms with Gasteiger partial charge in [-0.1, -0.05) is 0 Å². The van der Waals surface area contributed by atoms with Crippen LogP contribution in [0, 0.1) is 33.3 Å². The summed E-state index contributed by atoms with van der Waals surface area (Å²) in [6, 6.07) is 1.75. The van der Waals surface area contributed by atoms with Crippen molar-refractivity contribution >= 4 is 0 Å². The monoisotopic (exact) mass is 446 g/mol. The molecule has 0 N–H and O–H groups in total. The molecule has 10 nitrogen and oxygen atoms in total. The first-order valence-corrected chi connectivity index (χ1v) is 11.8. The topological polar surface area (TPSA) is 191 Å². The fourth-order valence-electron chi connectivity index (χ4n) is 3.99. The average molecular weight is 447 g/mol. The Labute approximate surface area is 170 Å². The zero-order valence-electron chi connectivity index (χ0n) is 15.7. The Morgan fingerprint density at radius 2 is 0.857 bits per heavy atom. The van der Waals surface area contributed by atoms with Crippen LogP contribution in [-0.2, 0) is 0 Å². The lowest BCUT2D eigenvalue weighted by atomic mass is 10.0. The van der Waals surface area contributed by atoms with Crippen molar-refractivity contribution in [3.63, 3.8) is 0 Å². The highest BCUT2D eigenvalue weighted by atomic mass is 35.7. The van der Waals surface area contributed by atoms with Gasteiger partial charge >= 0.3 is 0 Å². The molecule has 0 aromatic rings. The quantitative estimate of drug-likeness (QED) is 0.323. The summed E-state index contributed by atoms with van der Waals surface area (Å²) in [6.45, 7) is 5.40. The van der Waals surface area contributed by atoms with Crippen LogP contribution in [0.15, 0.2) is 0 Å². The summed E-state index contributed by atoms with van der Waals surface area (Å²) in [6.07, 6.45) is 16.3. The maximum atomic E-state index is 8.49. The summed E-state index contributed by atoms with van der Waals surface area (Å²) in [5.41, 5.74) is 0. The van der Waals surface area contributed by atoms with E-state index in [4.69, 9.17) is 37.3 Å². The minimum atomic E-state index is -4.94. The maximum Gasteiger partial charge on any atom is 0.151 e. The van der Waals surface area contributed by atoms with Gasteiger partial charge in [0.15, 0.2) is 12.1 Å². The van der Waals surface area contributed by atoms with Gasteiger partial charge in [0, 0.05) is 39.0 Å². The summed E-state index contributed by atoms with van der Waals surface area (Å²) in [5.74, 6) is 0. The van der Waals surface area contributed by atoms with Crippen molar-refractivity contribution in [2.45, 2.75) is 63.5 Å². The normalized spacial score (nSPS) is 27.3. The molecule has 12 heteroatoms. The van der Waals surface area contributed by atoms with Crippen LogP contribution in [0.5, 0.6) is 0 Å². The Balaban J connectivity index is 0.000000196. The van der Waals surface area contributed by atoms with Gasteiger partial charge in [0.05, 0.1) is 12.8 Å². The number of piperidine rings is 2. The lowest BCUT2D eigenvalue weighted by molar-refractivity contribution is -2.00. The molecule has 0 saturated carbocycles. The highest BCUT2D eigenvalue weighted by Crippen LogP contribution is 2.26. The van der Waals surface area contributed by atoms with Crippen LogP contribution >= 0.6 is 0 Å². The Bertz CT molecular complexity index is 348. The fraction of sp³-hybridized carbons (Fsp3) is 0.875. The molecule has 4 aliphatic rings. The second-order valence-electron chi connectivity index (χ2n) is 7.00. The Kier molecular flexibility index (Phi) is 11.7. The number of nitrogens with zero attached hydrogens (tertiary/aromatic N) is 2.